The first-order chi connectivity index (χ1) is 35.0. The maximum absolute atomic E-state index is 14.3. The number of rotatable bonds is 14. The number of carbonyl (C=O) groups is 4. The molecule has 1 saturated carbocycles. The minimum absolute atomic E-state index is 0.0108. The molecule has 17 nitrogen and oxygen atoms in total. The molecule has 19 heteroatoms. The van der Waals surface area contributed by atoms with Crippen molar-refractivity contribution in [3.63, 3.8) is 0 Å². The lowest BCUT2D eigenvalue weighted by Crippen LogP contribution is -2.70. The van der Waals surface area contributed by atoms with Crippen LogP contribution >= 0.6 is 22.9 Å². The van der Waals surface area contributed by atoms with Crippen LogP contribution in [0.1, 0.15) is 106 Å². The molecule has 74 heavy (non-hydrogen) atoms. The number of aryl methyl sites for hydroxylation is 1. The summed E-state index contributed by atoms with van der Waals surface area (Å²) in [4.78, 5) is 72.9. The highest BCUT2D eigenvalue weighted by atomic mass is 35.5. The molecule has 4 atom stereocenters. The van der Waals surface area contributed by atoms with Crippen LogP contribution in [0, 0.1) is 34.5 Å². The lowest BCUT2D eigenvalue weighted by Gasteiger charge is -2.61. The Kier molecular flexibility index (Phi) is 14.0. The smallest absolute Gasteiger partial charge is 0.341 e. The lowest BCUT2D eigenvalue weighted by atomic mass is 9.51. The first-order valence-electron chi connectivity index (χ1n) is 24.5. The van der Waals surface area contributed by atoms with Crippen molar-refractivity contribution in [1.29, 1.82) is 5.26 Å². The first kappa shape index (κ1) is 51.8. The number of fused-ring (bicyclic) bond motifs is 1. The van der Waals surface area contributed by atoms with Crippen molar-refractivity contribution in [2.75, 3.05) is 24.5 Å². The number of benzene rings is 3. The molecule has 2 saturated heterocycles. The number of thiazole rings is 1. The second-order valence-corrected chi connectivity index (χ2v) is 23.0. The molecule has 3 aromatic heterocycles. The fourth-order valence-corrected chi connectivity index (χ4v) is 11.6. The van der Waals surface area contributed by atoms with Gasteiger partial charge in [-0.05, 0) is 60.7 Å². The zero-order valence-corrected chi connectivity index (χ0v) is 44.2. The Morgan fingerprint density at radius 3 is 2.22 bits per heavy atom. The van der Waals surface area contributed by atoms with Gasteiger partial charge in [0.25, 0.3) is 5.91 Å². The number of carbonyl (C=O) groups excluding carboxylic acids is 4. The summed E-state index contributed by atoms with van der Waals surface area (Å²) < 4.78 is 24.6. The number of ether oxygens (including phenoxy) is 3. The van der Waals surface area contributed by atoms with E-state index >= 15 is 0 Å². The number of anilines is 1. The van der Waals surface area contributed by atoms with E-state index in [4.69, 9.17) is 30.2 Å². The molecule has 0 radical (unpaired) electrons. The highest BCUT2D eigenvalue weighted by molar-refractivity contribution is 7.13. The van der Waals surface area contributed by atoms with Crippen molar-refractivity contribution < 1.29 is 42.9 Å². The number of β-amino-alcohol motifs (C(OH)–C–C–N with tert-alkyl or cyclic N) is 1. The number of nitrogens with zero attached hydrogens (tertiary/aromatic N) is 6. The van der Waals surface area contributed by atoms with Gasteiger partial charge in [-0.25, -0.2) is 19.7 Å². The average molecular weight is 1040 g/mol. The van der Waals surface area contributed by atoms with E-state index in [2.05, 4.69) is 25.6 Å². The van der Waals surface area contributed by atoms with Crippen LogP contribution in [0.25, 0.3) is 21.4 Å². The Balaban J connectivity index is 0.771. The van der Waals surface area contributed by atoms with E-state index in [-0.39, 0.29) is 42.5 Å². The summed E-state index contributed by atoms with van der Waals surface area (Å²) in [7, 11) is 0. The normalized spacial score (nSPS) is 20.9. The number of nitrogens with one attached hydrogen (secondary N) is 2. The summed E-state index contributed by atoms with van der Waals surface area (Å²) >= 11 is 7.81. The number of aliphatic hydroxyl groups is 1. The molecule has 3 aliphatic rings. The number of esters is 1. The maximum atomic E-state index is 14.3. The van der Waals surface area contributed by atoms with Crippen molar-refractivity contribution in [1.82, 2.24) is 30.5 Å². The van der Waals surface area contributed by atoms with E-state index in [0.717, 1.165) is 21.7 Å². The number of aromatic nitrogens is 3. The molecule has 6 aromatic rings. The maximum Gasteiger partial charge on any atom is 0.341 e. The van der Waals surface area contributed by atoms with E-state index in [1.807, 2.05) is 103 Å². The van der Waals surface area contributed by atoms with Crippen LogP contribution in [0.15, 0.2) is 89.1 Å². The van der Waals surface area contributed by atoms with Gasteiger partial charge in [0, 0.05) is 53.7 Å². The fourth-order valence-electron chi connectivity index (χ4n) is 10.5. The Morgan fingerprint density at radius 2 is 1.58 bits per heavy atom. The highest BCUT2D eigenvalue weighted by Crippen LogP contribution is 2.57. The molecule has 1 aliphatic carbocycles. The van der Waals surface area contributed by atoms with Crippen LogP contribution in [-0.2, 0) is 14.3 Å². The Labute approximate surface area is 438 Å². The SMILES string of the molecule is Cc1ncsc1-c1ccc([C@H](C)NC(=O)[C@@H]2C[C@@H](O)CN2C(=O)C(NC(=O)c2cc3ccc(OC4CN(c5ncc(C(=O)O[C@H]6C(C)(C)[C@H](Oc7ccc(C#N)c(Cl)c7)C6(C)C)cn5)C4)cc3o2)C(C)(C)C)cc1. The molecule has 386 valence electrons. The van der Waals surface area contributed by atoms with E-state index in [1.165, 1.54) is 17.3 Å². The lowest BCUT2D eigenvalue weighted by molar-refractivity contribution is -0.236. The van der Waals surface area contributed by atoms with Gasteiger partial charge in [-0.3, -0.25) is 14.4 Å². The number of hydrogen-bond acceptors (Lipinski definition) is 15. The van der Waals surface area contributed by atoms with Crippen molar-refractivity contribution in [2.24, 2.45) is 16.2 Å². The predicted octanol–water partition coefficient (Wildman–Crippen LogP) is 8.47. The second-order valence-electron chi connectivity index (χ2n) is 21.7. The van der Waals surface area contributed by atoms with Crippen LogP contribution in [0.2, 0.25) is 5.02 Å². The van der Waals surface area contributed by atoms with Gasteiger partial charge in [-0.1, -0.05) is 84.3 Å². The van der Waals surface area contributed by atoms with Crippen molar-refractivity contribution >= 4 is 63.5 Å². The molecule has 9 rings (SSSR count). The number of halogens is 1. The topological polar surface area (TPSA) is 222 Å². The van der Waals surface area contributed by atoms with E-state index < -0.39 is 64.2 Å². The Hall–Kier alpha value is -7.07. The predicted molar refractivity (Wildman–Crippen MR) is 278 cm³/mol. The Morgan fingerprint density at radius 1 is 0.905 bits per heavy atom. The summed E-state index contributed by atoms with van der Waals surface area (Å²) in [6.45, 7) is 18.1. The summed E-state index contributed by atoms with van der Waals surface area (Å²) in [5.74, 6) is -0.581. The molecular formula is C55H59ClN8O9S. The molecule has 0 bridgehead atoms. The minimum Gasteiger partial charge on any atom is -0.489 e. The van der Waals surface area contributed by atoms with Gasteiger partial charge < -0.3 is 44.2 Å². The zero-order chi connectivity index (χ0) is 53.0. The third-order valence-electron chi connectivity index (χ3n) is 14.3. The van der Waals surface area contributed by atoms with Gasteiger partial charge in [0.05, 0.1) is 57.5 Å². The fraction of sp³-hybridized carbons (Fsp3) is 0.418. The average Bonchev–Trinajstić information content (AvgIpc) is 4.10. The molecule has 3 fully saturated rings. The first-order valence-corrected chi connectivity index (χ1v) is 25.7. The van der Waals surface area contributed by atoms with Gasteiger partial charge in [-0.2, -0.15) is 5.26 Å². The second kappa shape index (κ2) is 20.0. The molecule has 1 unspecified atom stereocenters. The van der Waals surface area contributed by atoms with Gasteiger partial charge in [0.2, 0.25) is 17.8 Å². The van der Waals surface area contributed by atoms with Crippen LogP contribution in [0.5, 0.6) is 11.5 Å². The monoisotopic (exact) mass is 1040 g/mol. The van der Waals surface area contributed by atoms with Gasteiger partial charge in [-0.15, -0.1) is 11.3 Å². The van der Waals surface area contributed by atoms with Crippen LogP contribution in [0.3, 0.4) is 0 Å². The van der Waals surface area contributed by atoms with Gasteiger partial charge >= 0.3 is 5.97 Å². The molecule has 3 amide bonds. The van der Waals surface area contributed by atoms with Crippen LogP contribution in [0.4, 0.5) is 5.95 Å². The number of furan rings is 1. The van der Waals surface area contributed by atoms with Crippen molar-refractivity contribution in [3.8, 4) is 28.0 Å². The summed E-state index contributed by atoms with van der Waals surface area (Å²) in [6.07, 6.45) is 1.03. The third-order valence-corrected chi connectivity index (χ3v) is 15.6. The number of nitriles is 1. The van der Waals surface area contributed by atoms with Crippen molar-refractivity contribution in [3.05, 3.63) is 118 Å². The molecule has 3 aromatic carbocycles. The quantitative estimate of drug-likeness (QED) is 0.0871. The van der Waals surface area contributed by atoms with E-state index in [9.17, 15) is 29.5 Å². The number of hydrogen-bond donors (Lipinski definition) is 3. The van der Waals surface area contributed by atoms with Gasteiger partial charge in [0.15, 0.2) is 5.76 Å². The number of likely N-dealkylation sites (tertiary alicyclic amines) is 1. The standard InChI is InChI=1S/C55H59ClN8O9S/c1-29(31-10-12-32(13-11-31)44-30(2)60-28-74-44)61-46(66)41-19-36(65)25-64(41)48(68)45(53(3,4)5)62-47(67)43-18-33-14-16-38(21-42(33)72-43)70-39-26-63(27-39)52-58-23-35(24-59-52)49(69)73-51-54(6,7)50(55(51,8)9)71-37-17-15-34(22-57)40(56)20-37/h10-18,20-21,23-24,28-29,36,39,41,45,50-51,65H,19,25-27H2,1-9H3,(H,61,66)(H,62,67)/t29-,36+,41-,45?,50-,51-/m0/s1. The van der Waals surface area contributed by atoms with E-state index in [0.29, 0.717) is 52.1 Å². The molecule has 5 heterocycles. The third kappa shape index (κ3) is 10.2. The molecule has 3 N–H and O–H groups in total. The molecule has 2 aliphatic heterocycles. The zero-order valence-electron chi connectivity index (χ0n) is 42.6. The number of aliphatic hydroxyl groups excluding tert-OH is 1. The van der Waals surface area contributed by atoms with Gasteiger partial charge in [0.1, 0.15) is 53.5 Å². The largest absolute Gasteiger partial charge is 0.489 e. The Bertz CT molecular complexity index is 3140. The molecular weight excluding hydrogens is 984 g/mol. The van der Waals surface area contributed by atoms with Crippen LogP contribution in [-0.4, -0.2) is 105 Å². The molecule has 0 spiro atoms. The highest BCUT2D eigenvalue weighted by Gasteiger charge is 2.66. The summed E-state index contributed by atoms with van der Waals surface area (Å²) in [5.41, 5.74) is 3.77. The summed E-state index contributed by atoms with van der Waals surface area (Å²) in [6, 6.07) is 19.3. The van der Waals surface area contributed by atoms with Crippen molar-refractivity contribution in [2.45, 2.75) is 111 Å². The minimum atomic E-state index is -1.07. The van der Waals surface area contributed by atoms with E-state index in [1.54, 1.807) is 53.8 Å². The summed E-state index contributed by atoms with van der Waals surface area (Å²) in [5, 5.41) is 26.8. The van der Waals surface area contributed by atoms with Crippen LogP contribution < -0.4 is 25.0 Å². The number of amides is 3.